The van der Waals surface area contributed by atoms with Crippen molar-refractivity contribution in [2.45, 2.75) is 12.3 Å². The average molecular weight is 277 g/mol. The topological polar surface area (TPSA) is 50.1 Å². The maximum absolute atomic E-state index is 8.76. The number of thioether (sulfide) groups is 1. The summed E-state index contributed by atoms with van der Waals surface area (Å²) in [4.78, 5) is 4.31. The minimum absolute atomic E-state index is 0.231. The fourth-order valence-corrected chi connectivity index (χ4v) is 2.46. The monoisotopic (exact) mass is 277 g/mol. The van der Waals surface area contributed by atoms with Crippen LogP contribution in [-0.4, -0.2) is 27.0 Å². The van der Waals surface area contributed by atoms with Crippen molar-refractivity contribution in [3.63, 3.8) is 0 Å². The van der Waals surface area contributed by atoms with Crippen LogP contribution in [0.5, 0.6) is 0 Å². The Balaban J connectivity index is 1.87. The molecule has 5 heteroatoms. The Morgan fingerprint density at radius 3 is 3.00 bits per heavy atom. The number of nitrogens with zero attached hydrogens (tertiary/aromatic N) is 2. The molecule has 0 radical (unpaired) electrons. The summed E-state index contributed by atoms with van der Waals surface area (Å²) >= 11 is 1.72. The molecule has 102 valence electrons. The second-order valence-corrected chi connectivity index (χ2v) is 5.47. The molecule has 0 atom stereocenters. The van der Waals surface area contributed by atoms with Crippen molar-refractivity contribution in [3.8, 4) is 0 Å². The summed E-state index contributed by atoms with van der Waals surface area (Å²) in [5.41, 5.74) is 2.47. The van der Waals surface area contributed by atoms with Gasteiger partial charge in [0.25, 0.3) is 0 Å². The van der Waals surface area contributed by atoms with Gasteiger partial charge in [-0.15, -0.1) is 0 Å². The van der Waals surface area contributed by atoms with Crippen LogP contribution in [0.25, 0.3) is 0 Å². The summed E-state index contributed by atoms with van der Waals surface area (Å²) in [6.45, 7) is 1.01. The van der Waals surface area contributed by atoms with E-state index in [1.54, 1.807) is 11.8 Å². The molecule has 0 amide bonds. The number of anilines is 1. The van der Waals surface area contributed by atoms with Gasteiger partial charge in [0.1, 0.15) is 5.82 Å². The summed E-state index contributed by atoms with van der Waals surface area (Å²) in [5, 5.41) is 12.1. The molecular weight excluding hydrogens is 258 g/mol. The van der Waals surface area contributed by atoms with Crippen LogP contribution in [0.3, 0.4) is 0 Å². The van der Waals surface area contributed by atoms with Gasteiger partial charge < -0.3 is 15.0 Å². The van der Waals surface area contributed by atoms with Crippen LogP contribution < -0.4 is 5.32 Å². The zero-order valence-electron chi connectivity index (χ0n) is 11.0. The Morgan fingerprint density at radius 2 is 2.26 bits per heavy atom. The van der Waals surface area contributed by atoms with E-state index in [2.05, 4.69) is 28.6 Å². The van der Waals surface area contributed by atoms with Crippen molar-refractivity contribution in [2.75, 3.05) is 17.7 Å². The predicted octanol–water partition coefficient (Wildman–Crippen LogP) is 2.26. The molecule has 2 N–H and O–H groups in total. The van der Waals surface area contributed by atoms with Crippen molar-refractivity contribution >= 4 is 17.6 Å². The third kappa shape index (κ3) is 4.61. The van der Waals surface area contributed by atoms with E-state index in [0.29, 0.717) is 0 Å². The van der Waals surface area contributed by atoms with E-state index in [1.165, 1.54) is 11.1 Å². The van der Waals surface area contributed by atoms with Gasteiger partial charge in [-0.25, -0.2) is 4.98 Å². The fraction of sp³-hybridized carbons (Fsp3) is 0.357. The minimum atomic E-state index is 0.231. The van der Waals surface area contributed by atoms with Crippen molar-refractivity contribution < 1.29 is 5.11 Å². The summed E-state index contributed by atoms with van der Waals surface area (Å²) < 4.78 is 2.03. The zero-order chi connectivity index (χ0) is 13.5. The zero-order valence-corrected chi connectivity index (χ0v) is 11.9. The van der Waals surface area contributed by atoms with E-state index in [1.807, 2.05) is 30.1 Å². The van der Waals surface area contributed by atoms with Gasteiger partial charge >= 0.3 is 0 Å². The second kappa shape index (κ2) is 7.21. The third-order valence-corrected chi connectivity index (χ3v) is 3.70. The Labute approximate surface area is 117 Å². The van der Waals surface area contributed by atoms with Crippen LogP contribution >= 0.6 is 11.8 Å². The largest absolute Gasteiger partial charge is 0.396 e. The van der Waals surface area contributed by atoms with Crippen molar-refractivity contribution in [1.29, 1.82) is 0 Å². The number of rotatable bonds is 7. The maximum atomic E-state index is 8.76. The average Bonchev–Trinajstić information content (AvgIpc) is 2.83. The highest BCUT2D eigenvalue weighted by atomic mass is 32.2. The highest BCUT2D eigenvalue weighted by Crippen LogP contribution is 2.15. The molecule has 0 aliphatic carbocycles. The number of aromatic nitrogens is 2. The minimum Gasteiger partial charge on any atom is -0.396 e. The lowest BCUT2D eigenvalue weighted by molar-refractivity contribution is 0.322. The van der Waals surface area contributed by atoms with E-state index in [-0.39, 0.29) is 6.61 Å². The van der Waals surface area contributed by atoms with Crippen molar-refractivity contribution in [2.24, 2.45) is 7.05 Å². The molecule has 2 rings (SSSR count). The molecule has 0 aliphatic heterocycles. The predicted molar refractivity (Wildman–Crippen MR) is 80.2 cm³/mol. The molecule has 0 unspecified atom stereocenters. The highest BCUT2D eigenvalue weighted by molar-refractivity contribution is 7.98. The van der Waals surface area contributed by atoms with Crippen LogP contribution in [0, 0.1) is 0 Å². The lowest BCUT2D eigenvalue weighted by atomic mass is 10.3. The normalized spacial score (nSPS) is 10.6. The first kappa shape index (κ1) is 14.0. The molecule has 0 saturated heterocycles. The number of aryl methyl sites for hydroxylation is 1. The number of pyridine rings is 1. The Bertz CT molecular complexity index is 513. The number of hydrogen-bond acceptors (Lipinski definition) is 4. The van der Waals surface area contributed by atoms with Crippen LogP contribution in [-0.2, 0) is 19.3 Å². The summed E-state index contributed by atoms with van der Waals surface area (Å²) in [5.74, 6) is 2.57. The smallest absolute Gasteiger partial charge is 0.126 e. The lowest BCUT2D eigenvalue weighted by Crippen LogP contribution is -2.01. The van der Waals surface area contributed by atoms with Crippen LogP contribution in [0.2, 0.25) is 0 Å². The third-order valence-electron chi connectivity index (χ3n) is 2.70. The van der Waals surface area contributed by atoms with Gasteiger partial charge in [0.05, 0.1) is 6.61 Å². The van der Waals surface area contributed by atoms with E-state index in [0.717, 1.165) is 23.9 Å². The Morgan fingerprint density at radius 1 is 1.37 bits per heavy atom. The van der Waals surface area contributed by atoms with E-state index in [4.69, 9.17) is 5.11 Å². The van der Waals surface area contributed by atoms with Gasteiger partial charge in [-0.1, -0.05) is 0 Å². The van der Waals surface area contributed by atoms with Gasteiger partial charge in [0.15, 0.2) is 0 Å². The number of nitrogens with one attached hydrogen (secondary N) is 1. The van der Waals surface area contributed by atoms with Gasteiger partial charge in [-0.05, 0) is 29.3 Å². The first-order valence-corrected chi connectivity index (χ1v) is 7.41. The molecule has 4 nitrogen and oxygen atoms in total. The summed E-state index contributed by atoms with van der Waals surface area (Å²) in [6.07, 6.45) is 5.95. The van der Waals surface area contributed by atoms with Crippen LogP contribution in [0.1, 0.15) is 11.1 Å². The first-order chi connectivity index (χ1) is 9.28. The van der Waals surface area contributed by atoms with E-state index < -0.39 is 0 Å². The Hall–Kier alpha value is -1.46. The van der Waals surface area contributed by atoms with Gasteiger partial charge in [-0.2, -0.15) is 11.8 Å². The molecule has 19 heavy (non-hydrogen) atoms. The molecule has 0 aliphatic rings. The molecule has 0 spiro atoms. The van der Waals surface area contributed by atoms with Gasteiger partial charge in [0, 0.05) is 43.7 Å². The molecular formula is C14H19N3OS. The molecule has 2 heterocycles. The molecule has 2 aromatic rings. The lowest BCUT2D eigenvalue weighted by Gasteiger charge is -2.06. The summed E-state index contributed by atoms with van der Waals surface area (Å²) in [6, 6.07) is 6.17. The first-order valence-electron chi connectivity index (χ1n) is 6.26. The Kier molecular flexibility index (Phi) is 5.30. The molecule has 0 saturated carbocycles. The van der Waals surface area contributed by atoms with Gasteiger partial charge in [0.2, 0.25) is 0 Å². The van der Waals surface area contributed by atoms with E-state index >= 15 is 0 Å². The number of aliphatic hydroxyl groups is 1. The quantitative estimate of drug-likeness (QED) is 0.762. The van der Waals surface area contributed by atoms with Crippen LogP contribution in [0.4, 0.5) is 5.82 Å². The highest BCUT2D eigenvalue weighted by Gasteiger charge is 1.99. The summed E-state index contributed by atoms with van der Waals surface area (Å²) in [7, 11) is 2.01. The van der Waals surface area contributed by atoms with E-state index in [9.17, 15) is 0 Å². The molecule has 0 fully saturated rings. The molecule has 0 bridgehead atoms. The number of aliphatic hydroxyl groups excluding tert-OH is 1. The second-order valence-electron chi connectivity index (χ2n) is 4.36. The number of hydrogen-bond donors (Lipinski definition) is 2. The van der Waals surface area contributed by atoms with Crippen molar-refractivity contribution in [3.05, 3.63) is 47.9 Å². The van der Waals surface area contributed by atoms with Crippen molar-refractivity contribution in [1.82, 2.24) is 9.55 Å². The maximum Gasteiger partial charge on any atom is 0.126 e. The standard InChI is InChI=1S/C14H19N3OS/c1-17-5-3-13(10-17)9-16-14-8-12(2-4-15-14)11-19-7-6-18/h2-5,8,10,18H,6-7,9,11H2,1H3,(H,15,16). The SMILES string of the molecule is Cn1ccc(CNc2cc(CSCCO)ccn2)c1. The molecule has 0 aromatic carbocycles. The molecule has 2 aromatic heterocycles. The van der Waals surface area contributed by atoms with Gasteiger partial charge in [-0.3, -0.25) is 0 Å². The van der Waals surface area contributed by atoms with Crippen LogP contribution in [0.15, 0.2) is 36.8 Å². The fourth-order valence-electron chi connectivity index (χ4n) is 1.77.